The van der Waals surface area contributed by atoms with Crippen molar-refractivity contribution in [3.63, 3.8) is 0 Å². The molecule has 1 aliphatic rings. The molecular formula is C14H28N2O2. The predicted molar refractivity (Wildman–Crippen MR) is 73.3 cm³/mol. The van der Waals surface area contributed by atoms with Crippen molar-refractivity contribution < 1.29 is 9.53 Å². The summed E-state index contributed by atoms with van der Waals surface area (Å²) in [6, 6.07) is 0. The lowest BCUT2D eigenvalue weighted by atomic mass is 9.74. The van der Waals surface area contributed by atoms with E-state index in [9.17, 15) is 4.79 Å². The number of ether oxygens (including phenoxy) is 1. The highest BCUT2D eigenvalue weighted by atomic mass is 16.5. The number of carbonyl (C=O) groups is 1. The quantitative estimate of drug-likeness (QED) is 0.762. The topological polar surface area (TPSA) is 64.3 Å². The molecule has 1 amide bonds. The first-order chi connectivity index (χ1) is 8.52. The smallest absolute Gasteiger partial charge is 0.251 e. The standard InChI is InChI=1S/C14H28N2O2/c1-4-13(2,18-3)12(17)16-11-14(10-15)8-6-5-7-9-14/h4-11,15H2,1-3H3,(H,16,17). The van der Waals surface area contributed by atoms with Gasteiger partial charge in [-0.3, -0.25) is 4.79 Å². The lowest BCUT2D eigenvalue weighted by molar-refractivity contribution is -0.142. The molecule has 0 spiro atoms. The summed E-state index contributed by atoms with van der Waals surface area (Å²) >= 11 is 0. The van der Waals surface area contributed by atoms with Gasteiger partial charge in [0.2, 0.25) is 0 Å². The van der Waals surface area contributed by atoms with E-state index in [-0.39, 0.29) is 11.3 Å². The van der Waals surface area contributed by atoms with Crippen LogP contribution in [0.3, 0.4) is 0 Å². The second-order valence-electron chi connectivity index (χ2n) is 5.74. The zero-order valence-corrected chi connectivity index (χ0v) is 12.1. The molecule has 0 aromatic heterocycles. The molecule has 1 fully saturated rings. The van der Waals surface area contributed by atoms with Crippen LogP contribution >= 0.6 is 0 Å². The Morgan fingerprint density at radius 3 is 2.44 bits per heavy atom. The molecule has 4 heteroatoms. The Bertz CT molecular complexity index is 269. The van der Waals surface area contributed by atoms with Gasteiger partial charge in [0, 0.05) is 13.7 Å². The van der Waals surface area contributed by atoms with Crippen molar-refractivity contribution in [2.45, 2.75) is 58.0 Å². The molecule has 1 rings (SSSR count). The number of rotatable bonds is 6. The number of hydrogen-bond donors (Lipinski definition) is 2. The molecule has 0 heterocycles. The van der Waals surface area contributed by atoms with Crippen molar-refractivity contribution in [3.8, 4) is 0 Å². The number of carbonyl (C=O) groups excluding carboxylic acids is 1. The van der Waals surface area contributed by atoms with Crippen LogP contribution in [0.1, 0.15) is 52.4 Å². The first-order valence-electron chi connectivity index (χ1n) is 7.05. The molecule has 3 N–H and O–H groups in total. The van der Waals surface area contributed by atoms with E-state index in [1.54, 1.807) is 7.11 Å². The van der Waals surface area contributed by atoms with Crippen molar-refractivity contribution >= 4 is 5.91 Å². The van der Waals surface area contributed by atoms with E-state index >= 15 is 0 Å². The zero-order valence-electron chi connectivity index (χ0n) is 12.1. The van der Waals surface area contributed by atoms with Crippen molar-refractivity contribution in [1.29, 1.82) is 0 Å². The second-order valence-corrected chi connectivity index (χ2v) is 5.74. The van der Waals surface area contributed by atoms with Crippen molar-refractivity contribution in [2.24, 2.45) is 11.1 Å². The maximum absolute atomic E-state index is 12.2. The minimum absolute atomic E-state index is 0.0223. The highest BCUT2D eigenvalue weighted by molar-refractivity contribution is 5.84. The van der Waals surface area contributed by atoms with Crippen LogP contribution in [0.15, 0.2) is 0 Å². The molecule has 1 saturated carbocycles. The monoisotopic (exact) mass is 256 g/mol. The van der Waals surface area contributed by atoms with Gasteiger partial charge in [0.05, 0.1) is 0 Å². The minimum Gasteiger partial charge on any atom is -0.369 e. The molecule has 4 nitrogen and oxygen atoms in total. The molecule has 0 aliphatic heterocycles. The molecule has 0 bridgehead atoms. The molecule has 0 radical (unpaired) electrons. The molecule has 106 valence electrons. The Labute approximate surface area is 111 Å². The summed E-state index contributed by atoms with van der Waals surface area (Å²) in [5.74, 6) is -0.0223. The molecule has 1 atom stereocenters. The SMILES string of the molecule is CCC(C)(OC)C(=O)NCC1(CN)CCCCC1. The molecule has 1 unspecified atom stereocenters. The zero-order chi connectivity index (χ0) is 13.6. The summed E-state index contributed by atoms with van der Waals surface area (Å²) < 4.78 is 5.31. The molecule has 0 aromatic rings. The second kappa shape index (κ2) is 6.53. The third kappa shape index (κ3) is 3.45. The van der Waals surface area contributed by atoms with Crippen LogP contribution in [-0.4, -0.2) is 31.7 Å². The Hall–Kier alpha value is -0.610. The number of hydrogen-bond acceptors (Lipinski definition) is 3. The lowest BCUT2D eigenvalue weighted by Crippen LogP contribution is -2.51. The third-order valence-electron chi connectivity index (χ3n) is 4.58. The van der Waals surface area contributed by atoms with E-state index in [0.29, 0.717) is 19.5 Å². The Morgan fingerprint density at radius 2 is 2.00 bits per heavy atom. The lowest BCUT2D eigenvalue weighted by Gasteiger charge is -2.37. The number of nitrogens with one attached hydrogen (secondary N) is 1. The van der Waals surface area contributed by atoms with Crippen LogP contribution in [0.2, 0.25) is 0 Å². The average Bonchev–Trinajstić information content (AvgIpc) is 2.44. The van der Waals surface area contributed by atoms with Crippen LogP contribution < -0.4 is 11.1 Å². The van der Waals surface area contributed by atoms with Crippen molar-refractivity contribution in [2.75, 3.05) is 20.2 Å². The van der Waals surface area contributed by atoms with Gasteiger partial charge in [-0.05, 0) is 38.1 Å². The number of methoxy groups -OCH3 is 1. The number of amides is 1. The molecule has 1 aliphatic carbocycles. The number of nitrogens with two attached hydrogens (primary N) is 1. The summed E-state index contributed by atoms with van der Waals surface area (Å²) in [4.78, 5) is 12.2. The Kier molecular flexibility index (Phi) is 5.60. The third-order valence-corrected chi connectivity index (χ3v) is 4.58. The summed E-state index contributed by atoms with van der Waals surface area (Å²) in [5, 5.41) is 3.04. The van der Waals surface area contributed by atoms with E-state index in [4.69, 9.17) is 10.5 Å². The van der Waals surface area contributed by atoms with Gasteiger partial charge in [0.25, 0.3) is 5.91 Å². The van der Waals surface area contributed by atoms with Crippen LogP contribution in [0.5, 0.6) is 0 Å². The van der Waals surface area contributed by atoms with Gasteiger partial charge in [0.1, 0.15) is 5.60 Å². The van der Waals surface area contributed by atoms with Gasteiger partial charge in [-0.15, -0.1) is 0 Å². The average molecular weight is 256 g/mol. The van der Waals surface area contributed by atoms with Gasteiger partial charge in [-0.2, -0.15) is 0 Å². The molecule has 0 aromatic carbocycles. The highest BCUT2D eigenvalue weighted by Crippen LogP contribution is 2.34. The van der Waals surface area contributed by atoms with Crippen LogP contribution in [0, 0.1) is 5.41 Å². The summed E-state index contributed by atoms with van der Waals surface area (Å²) in [5.41, 5.74) is 5.31. The van der Waals surface area contributed by atoms with Crippen molar-refractivity contribution in [1.82, 2.24) is 5.32 Å². The molecule has 0 saturated heterocycles. The van der Waals surface area contributed by atoms with Gasteiger partial charge in [-0.25, -0.2) is 0 Å². The summed E-state index contributed by atoms with van der Waals surface area (Å²) in [6.45, 7) is 5.13. The van der Waals surface area contributed by atoms with Gasteiger partial charge >= 0.3 is 0 Å². The van der Waals surface area contributed by atoms with E-state index in [1.807, 2.05) is 13.8 Å². The van der Waals surface area contributed by atoms with Crippen molar-refractivity contribution in [3.05, 3.63) is 0 Å². The molecular weight excluding hydrogens is 228 g/mol. The highest BCUT2D eigenvalue weighted by Gasteiger charge is 2.35. The maximum atomic E-state index is 12.2. The Morgan fingerprint density at radius 1 is 1.39 bits per heavy atom. The minimum atomic E-state index is -0.718. The largest absolute Gasteiger partial charge is 0.369 e. The maximum Gasteiger partial charge on any atom is 0.251 e. The van der Waals surface area contributed by atoms with Crippen LogP contribution in [0.4, 0.5) is 0 Å². The van der Waals surface area contributed by atoms with Crippen LogP contribution in [-0.2, 0) is 9.53 Å². The van der Waals surface area contributed by atoms with Gasteiger partial charge in [0.15, 0.2) is 0 Å². The summed E-state index contributed by atoms with van der Waals surface area (Å²) in [6.07, 6.45) is 6.66. The van der Waals surface area contributed by atoms with Gasteiger partial charge in [-0.1, -0.05) is 26.2 Å². The molecule has 18 heavy (non-hydrogen) atoms. The van der Waals surface area contributed by atoms with Crippen LogP contribution in [0.25, 0.3) is 0 Å². The van der Waals surface area contributed by atoms with Gasteiger partial charge < -0.3 is 15.8 Å². The first kappa shape index (κ1) is 15.4. The van der Waals surface area contributed by atoms with E-state index < -0.39 is 5.60 Å². The summed E-state index contributed by atoms with van der Waals surface area (Å²) in [7, 11) is 1.59. The fourth-order valence-electron chi connectivity index (χ4n) is 2.61. The fraction of sp³-hybridized carbons (Fsp3) is 0.929. The predicted octanol–water partition coefficient (Wildman–Crippen LogP) is 1.83. The normalized spacial score (nSPS) is 22.2. The fourth-order valence-corrected chi connectivity index (χ4v) is 2.61. The Balaban J connectivity index is 2.55. The van der Waals surface area contributed by atoms with E-state index in [1.165, 1.54) is 19.3 Å². The van der Waals surface area contributed by atoms with E-state index in [0.717, 1.165) is 12.8 Å². The first-order valence-corrected chi connectivity index (χ1v) is 7.05. The van der Waals surface area contributed by atoms with E-state index in [2.05, 4.69) is 5.32 Å².